The van der Waals surface area contributed by atoms with Crippen molar-refractivity contribution in [1.29, 1.82) is 21.0 Å². The average molecular weight is 444 g/mol. The molecule has 0 N–H and O–H groups in total. The van der Waals surface area contributed by atoms with Crippen molar-refractivity contribution in [2.24, 2.45) is 10.8 Å². The Labute approximate surface area is 187 Å². The van der Waals surface area contributed by atoms with E-state index in [-0.39, 0.29) is 10.9 Å². The van der Waals surface area contributed by atoms with Crippen LogP contribution in [0.5, 0.6) is 0 Å². The van der Waals surface area contributed by atoms with Gasteiger partial charge >= 0.3 is 0 Å². The zero-order valence-corrected chi connectivity index (χ0v) is 17.6. The van der Waals surface area contributed by atoms with E-state index in [1.165, 1.54) is 47.8 Å². The second kappa shape index (κ2) is 7.33. The Bertz CT molecular complexity index is 1190. The Morgan fingerprint density at radius 3 is 2.06 bits per heavy atom. The summed E-state index contributed by atoms with van der Waals surface area (Å²) in [7, 11) is 0. The number of benzene rings is 2. The van der Waals surface area contributed by atoms with E-state index in [0.29, 0.717) is 11.3 Å². The number of nitrogens with zero attached hydrogens (tertiary/aromatic N) is 5. The van der Waals surface area contributed by atoms with E-state index in [1.54, 1.807) is 12.1 Å². The maximum Gasteiger partial charge on any atom is 0.269 e. The summed E-state index contributed by atoms with van der Waals surface area (Å²) in [5.41, 5.74) is -2.81. The molecule has 2 heterocycles. The Balaban J connectivity index is 2.01. The van der Waals surface area contributed by atoms with Crippen LogP contribution in [0.3, 0.4) is 0 Å². The largest absolute Gasteiger partial charge is 0.269 e. The van der Waals surface area contributed by atoms with Crippen molar-refractivity contribution < 1.29 is 4.92 Å². The third kappa shape index (κ3) is 2.52. The monoisotopic (exact) mass is 443 g/mol. The van der Waals surface area contributed by atoms with E-state index in [2.05, 4.69) is 24.3 Å². The van der Waals surface area contributed by atoms with Gasteiger partial charge in [-0.1, -0.05) is 30.3 Å². The Hall–Kier alpha value is -3.50. The molecule has 3 atom stereocenters. The van der Waals surface area contributed by atoms with E-state index in [1.807, 2.05) is 18.2 Å². The quantitative estimate of drug-likeness (QED) is 0.500. The van der Waals surface area contributed by atoms with Crippen LogP contribution in [0.2, 0.25) is 0 Å². The lowest BCUT2D eigenvalue weighted by molar-refractivity contribution is -0.384. The van der Waals surface area contributed by atoms with Gasteiger partial charge in [0.25, 0.3) is 5.69 Å². The second-order valence-corrected chi connectivity index (χ2v) is 10.2. The van der Waals surface area contributed by atoms with Gasteiger partial charge in [0.2, 0.25) is 5.41 Å². The predicted octanol–water partition coefficient (Wildman–Crippen LogP) is 4.46. The molecule has 0 aliphatic carbocycles. The molecule has 31 heavy (non-hydrogen) atoms. The summed E-state index contributed by atoms with van der Waals surface area (Å²) in [5.74, 6) is -0.119. The molecule has 0 amide bonds. The first kappa shape index (κ1) is 20.8. The molecule has 2 bridgehead atoms. The summed E-state index contributed by atoms with van der Waals surface area (Å²) < 4.78 is -1.23. The highest BCUT2D eigenvalue weighted by atomic mass is 32.2. The molecular formula is C22H13N5O2S2. The Morgan fingerprint density at radius 1 is 0.935 bits per heavy atom. The fourth-order valence-corrected chi connectivity index (χ4v) is 8.90. The van der Waals surface area contributed by atoms with E-state index in [9.17, 15) is 31.2 Å². The summed E-state index contributed by atoms with van der Waals surface area (Å²) in [4.78, 5) is 10.6. The third-order valence-corrected chi connectivity index (χ3v) is 9.94. The minimum atomic E-state index is -2.01. The predicted molar refractivity (Wildman–Crippen MR) is 115 cm³/mol. The fourth-order valence-electron chi connectivity index (χ4n) is 4.59. The molecule has 0 radical (unpaired) electrons. The van der Waals surface area contributed by atoms with Crippen LogP contribution in [0.1, 0.15) is 17.0 Å². The molecule has 2 saturated heterocycles. The molecular weight excluding hydrogens is 430 g/mol. The van der Waals surface area contributed by atoms with Gasteiger partial charge in [-0.2, -0.15) is 21.0 Å². The number of fused-ring (bicyclic) bond motifs is 2. The normalized spacial score (nSPS) is 27.1. The number of nitro benzene ring substituents is 1. The zero-order valence-electron chi connectivity index (χ0n) is 15.9. The third-order valence-electron chi connectivity index (χ3n) is 6.00. The van der Waals surface area contributed by atoms with Gasteiger partial charge < -0.3 is 0 Å². The van der Waals surface area contributed by atoms with Crippen molar-refractivity contribution >= 4 is 29.2 Å². The van der Waals surface area contributed by atoms with Crippen LogP contribution in [0.25, 0.3) is 0 Å². The topological polar surface area (TPSA) is 138 Å². The standard InChI is InChI=1S/C22H13N5O2S2/c23-11-20(12-24)19(15-4-2-1-3-5-15)18-10-30-22(31-18,21(20,13-25)14-26)16-6-8-17(9-7-16)27(28)29/h1-9,18-19H,10H2/t18-,19+,22+/m1/s1. The van der Waals surface area contributed by atoms with Crippen molar-refractivity contribution in [3.8, 4) is 24.3 Å². The average Bonchev–Trinajstić information content (AvgIpc) is 3.22. The van der Waals surface area contributed by atoms with Crippen LogP contribution in [-0.2, 0) is 4.08 Å². The lowest BCUT2D eigenvalue weighted by atomic mass is 9.55. The SMILES string of the molecule is N#CC1(C#N)[C@@H](c2ccccc2)[C@H]2CS[C@@](c3ccc([N+](=O)[O-])cc3)(S2)C1(C#N)C#N. The van der Waals surface area contributed by atoms with Crippen LogP contribution < -0.4 is 0 Å². The number of hydrogen-bond donors (Lipinski definition) is 0. The van der Waals surface area contributed by atoms with Crippen LogP contribution in [0.4, 0.5) is 5.69 Å². The minimum Gasteiger partial charge on any atom is -0.258 e. The summed E-state index contributed by atoms with van der Waals surface area (Å²) in [6.07, 6.45) is 0. The second-order valence-electron chi connectivity index (χ2n) is 7.28. The highest BCUT2D eigenvalue weighted by Crippen LogP contribution is 2.77. The number of non-ortho nitro benzene ring substituents is 1. The molecule has 0 spiro atoms. The molecule has 2 aliphatic rings. The molecule has 4 rings (SSSR count). The highest BCUT2D eigenvalue weighted by molar-refractivity contribution is 8.21. The van der Waals surface area contributed by atoms with Crippen molar-refractivity contribution in [2.45, 2.75) is 15.2 Å². The first-order chi connectivity index (χ1) is 14.9. The number of nitriles is 4. The molecule has 0 unspecified atom stereocenters. The van der Waals surface area contributed by atoms with Crippen LogP contribution in [0, 0.1) is 66.3 Å². The van der Waals surface area contributed by atoms with Gasteiger partial charge in [0.15, 0.2) is 5.41 Å². The molecule has 0 saturated carbocycles. The van der Waals surface area contributed by atoms with Gasteiger partial charge in [-0.15, -0.1) is 23.5 Å². The lowest BCUT2D eigenvalue weighted by Gasteiger charge is -2.51. The first-order valence-corrected chi connectivity index (χ1v) is 11.1. The molecule has 0 aromatic heterocycles. The van der Waals surface area contributed by atoms with E-state index in [4.69, 9.17) is 0 Å². The van der Waals surface area contributed by atoms with Gasteiger partial charge in [-0.25, -0.2) is 0 Å². The lowest BCUT2D eigenvalue weighted by Crippen LogP contribution is -2.57. The summed E-state index contributed by atoms with van der Waals surface area (Å²) in [5, 5.41) is 52.3. The number of thioether (sulfide) groups is 2. The van der Waals surface area contributed by atoms with E-state index < -0.39 is 25.8 Å². The van der Waals surface area contributed by atoms with Crippen molar-refractivity contribution in [1.82, 2.24) is 0 Å². The number of rotatable bonds is 3. The van der Waals surface area contributed by atoms with E-state index in [0.717, 1.165) is 5.56 Å². The molecule has 7 nitrogen and oxygen atoms in total. The molecule has 2 aromatic carbocycles. The molecule has 9 heteroatoms. The number of hydrogen-bond acceptors (Lipinski definition) is 8. The maximum atomic E-state index is 11.1. The molecule has 150 valence electrons. The Morgan fingerprint density at radius 2 is 1.55 bits per heavy atom. The fraction of sp³-hybridized carbons (Fsp3) is 0.273. The molecule has 2 fully saturated rings. The Kier molecular flexibility index (Phi) is 4.91. The first-order valence-electron chi connectivity index (χ1n) is 9.22. The summed E-state index contributed by atoms with van der Waals surface area (Å²) in [6, 6.07) is 23.1. The van der Waals surface area contributed by atoms with Crippen LogP contribution in [0.15, 0.2) is 54.6 Å². The van der Waals surface area contributed by atoms with Gasteiger partial charge in [-0.05, 0) is 23.3 Å². The van der Waals surface area contributed by atoms with Crippen molar-refractivity contribution in [3.05, 3.63) is 75.8 Å². The molecule has 2 aromatic rings. The highest BCUT2D eigenvalue weighted by Gasteiger charge is 2.77. The summed E-state index contributed by atoms with van der Waals surface area (Å²) >= 11 is 2.77. The minimum absolute atomic E-state index is 0.117. The van der Waals surface area contributed by atoms with E-state index >= 15 is 0 Å². The number of nitro groups is 1. The van der Waals surface area contributed by atoms with Gasteiger partial charge in [0, 0.05) is 29.1 Å². The zero-order chi connectivity index (χ0) is 22.3. The van der Waals surface area contributed by atoms with Gasteiger partial charge in [0.05, 0.1) is 29.2 Å². The van der Waals surface area contributed by atoms with Gasteiger partial charge in [0.1, 0.15) is 4.08 Å². The van der Waals surface area contributed by atoms with Crippen LogP contribution in [-0.4, -0.2) is 15.9 Å². The molecule has 2 aliphatic heterocycles. The van der Waals surface area contributed by atoms with Gasteiger partial charge in [-0.3, -0.25) is 10.1 Å². The maximum absolute atomic E-state index is 11.1. The van der Waals surface area contributed by atoms with Crippen LogP contribution >= 0.6 is 23.5 Å². The van der Waals surface area contributed by atoms with Crippen molar-refractivity contribution in [3.63, 3.8) is 0 Å². The smallest absolute Gasteiger partial charge is 0.258 e. The van der Waals surface area contributed by atoms with Crippen molar-refractivity contribution in [2.75, 3.05) is 5.75 Å². The summed E-state index contributed by atoms with van der Waals surface area (Å²) in [6.45, 7) is 0.